The standard InChI is InChI=1S/C20H23FN2OS/c21-17-7-5-15(6-8-17)14-22-9-11-23(12-10-22)20(24)19-13-16-3-1-2-4-18(16)25-19/h5-8,13H,1-4,9-12,14H2. The van der Waals surface area contributed by atoms with E-state index in [2.05, 4.69) is 11.0 Å². The first kappa shape index (κ1) is 16.7. The topological polar surface area (TPSA) is 23.6 Å². The van der Waals surface area contributed by atoms with Gasteiger partial charge < -0.3 is 4.90 Å². The molecule has 1 aromatic heterocycles. The van der Waals surface area contributed by atoms with Crippen LogP contribution >= 0.6 is 11.3 Å². The molecule has 0 atom stereocenters. The van der Waals surface area contributed by atoms with E-state index < -0.39 is 0 Å². The molecule has 4 rings (SSSR count). The number of hydrogen-bond acceptors (Lipinski definition) is 3. The second kappa shape index (κ2) is 7.26. The van der Waals surface area contributed by atoms with Gasteiger partial charge in [0.15, 0.2) is 0 Å². The molecule has 0 saturated carbocycles. The highest BCUT2D eigenvalue weighted by atomic mass is 32.1. The molecule has 1 saturated heterocycles. The van der Waals surface area contributed by atoms with E-state index in [1.165, 1.54) is 35.4 Å². The highest BCUT2D eigenvalue weighted by molar-refractivity contribution is 7.14. The van der Waals surface area contributed by atoms with Gasteiger partial charge in [-0.15, -0.1) is 11.3 Å². The second-order valence-electron chi connectivity index (χ2n) is 6.96. The van der Waals surface area contributed by atoms with Crippen molar-refractivity contribution in [1.29, 1.82) is 0 Å². The first-order valence-corrected chi connectivity index (χ1v) is 9.88. The van der Waals surface area contributed by atoms with E-state index in [1.807, 2.05) is 17.0 Å². The summed E-state index contributed by atoms with van der Waals surface area (Å²) < 4.78 is 13.0. The van der Waals surface area contributed by atoms with Crippen molar-refractivity contribution in [3.05, 3.63) is 57.0 Å². The van der Waals surface area contributed by atoms with Crippen molar-refractivity contribution in [3.8, 4) is 0 Å². The number of hydrogen-bond donors (Lipinski definition) is 0. The molecule has 0 unspecified atom stereocenters. The predicted molar refractivity (Wildman–Crippen MR) is 98.5 cm³/mol. The van der Waals surface area contributed by atoms with Crippen LogP contribution in [0.2, 0.25) is 0 Å². The van der Waals surface area contributed by atoms with Crippen LogP contribution in [0.25, 0.3) is 0 Å². The molecule has 3 nitrogen and oxygen atoms in total. The minimum atomic E-state index is -0.196. The summed E-state index contributed by atoms with van der Waals surface area (Å²) in [7, 11) is 0. The molecule has 25 heavy (non-hydrogen) atoms. The Morgan fingerprint density at radius 2 is 1.76 bits per heavy atom. The quantitative estimate of drug-likeness (QED) is 0.835. The number of carbonyl (C=O) groups excluding carboxylic acids is 1. The lowest BCUT2D eigenvalue weighted by Gasteiger charge is -2.34. The number of benzene rings is 1. The van der Waals surface area contributed by atoms with E-state index in [4.69, 9.17) is 0 Å². The summed E-state index contributed by atoms with van der Waals surface area (Å²) in [6, 6.07) is 8.82. The number of amides is 1. The average Bonchev–Trinajstić information content (AvgIpc) is 3.08. The zero-order valence-electron chi connectivity index (χ0n) is 14.3. The molecule has 2 aliphatic rings. The van der Waals surface area contributed by atoms with E-state index in [-0.39, 0.29) is 11.7 Å². The predicted octanol–water partition coefficient (Wildman–Crippen LogP) is 3.72. The minimum absolute atomic E-state index is 0.195. The van der Waals surface area contributed by atoms with Crippen LogP contribution in [0.15, 0.2) is 30.3 Å². The number of fused-ring (bicyclic) bond motifs is 1. The van der Waals surface area contributed by atoms with E-state index >= 15 is 0 Å². The molecule has 1 fully saturated rings. The maximum Gasteiger partial charge on any atom is 0.264 e. The van der Waals surface area contributed by atoms with Crippen molar-refractivity contribution >= 4 is 17.2 Å². The lowest BCUT2D eigenvalue weighted by molar-refractivity contribution is 0.0633. The summed E-state index contributed by atoms with van der Waals surface area (Å²) in [6.07, 6.45) is 4.77. The Hall–Kier alpha value is -1.72. The molecule has 5 heteroatoms. The van der Waals surface area contributed by atoms with Gasteiger partial charge in [0.2, 0.25) is 0 Å². The van der Waals surface area contributed by atoms with Crippen molar-refractivity contribution in [1.82, 2.24) is 9.80 Å². The fraction of sp³-hybridized carbons (Fsp3) is 0.450. The molecule has 0 N–H and O–H groups in total. The number of aryl methyl sites for hydroxylation is 2. The Kier molecular flexibility index (Phi) is 4.86. The third kappa shape index (κ3) is 3.77. The summed E-state index contributed by atoms with van der Waals surface area (Å²) in [5.41, 5.74) is 2.52. The normalized spacial score (nSPS) is 18.2. The maximum atomic E-state index is 13.0. The minimum Gasteiger partial charge on any atom is -0.335 e. The first-order valence-electron chi connectivity index (χ1n) is 9.07. The first-order chi connectivity index (χ1) is 12.2. The van der Waals surface area contributed by atoms with Gasteiger partial charge in [-0.1, -0.05) is 12.1 Å². The zero-order valence-corrected chi connectivity index (χ0v) is 15.2. The van der Waals surface area contributed by atoms with E-state index in [1.54, 1.807) is 11.3 Å². The summed E-state index contributed by atoms with van der Waals surface area (Å²) in [5, 5.41) is 0. The van der Waals surface area contributed by atoms with Crippen molar-refractivity contribution in [3.63, 3.8) is 0 Å². The van der Waals surface area contributed by atoms with Gasteiger partial charge in [-0.25, -0.2) is 4.39 Å². The highest BCUT2D eigenvalue weighted by Crippen LogP contribution is 2.30. The average molecular weight is 358 g/mol. The van der Waals surface area contributed by atoms with Crippen LogP contribution < -0.4 is 0 Å². The van der Waals surface area contributed by atoms with Gasteiger partial charge in [0.1, 0.15) is 5.82 Å². The van der Waals surface area contributed by atoms with Crippen molar-refractivity contribution in [2.24, 2.45) is 0 Å². The van der Waals surface area contributed by atoms with Gasteiger partial charge in [-0.05, 0) is 55.0 Å². The van der Waals surface area contributed by atoms with E-state index in [0.717, 1.165) is 56.0 Å². The van der Waals surface area contributed by atoms with Crippen molar-refractivity contribution in [2.75, 3.05) is 26.2 Å². The smallest absolute Gasteiger partial charge is 0.264 e. The number of piperazine rings is 1. The summed E-state index contributed by atoms with van der Waals surface area (Å²) in [4.78, 5) is 19.4. The van der Waals surface area contributed by atoms with Crippen LogP contribution in [0.3, 0.4) is 0 Å². The number of carbonyl (C=O) groups is 1. The van der Waals surface area contributed by atoms with E-state index in [0.29, 0.717) is 0 Å². The van der Waals surface area contributed by atoms with Crippen LogP contribution in [-0.4, -0.2) is 41.9 Å². The lowest BCUT2D eigenvalue weighted by Crippen LogP contribution is -2.48. The zero-order chi connectivity index (χ0) is 17.2. The Balaban J connectivity index is 1.34. The molecule has 1 amide bonds. The third-order valence-electron chi connectivity index (χ3n) is 5.19. The number of thiophene rings is 1. The van der Waals surface area contributed by atoms with Gasteiger partial charge >= 0.3 is 0 Å². The molecule has 0 spiro atoms. The summed E-state index contributed by atoms with van der Waals surface area (Å²) >= 11 is 1.70. The molecule has 0 radical (unpaired) electrons. The highest BCUT2D eigenvalue weighted by Gasteiger charge is 2.25. The molecule has 1 aliphatic carbocycles. The number of rotatable bonds is 3. The fourth-order valence-electron chi connectivity index (χ4n) is 3.71. The molecule has 2 heterocycles. The van der Waals surface area contributed by atoms with Gasteiger partial charge in [0.05, 0.1) is 4.88 Å². The molecule has 1 aromatic carbocycles. The second-order valence-corrected chi connectivity index (χ2v) is 8.10. The molecular weight excluding hydrogens is 335 g/mol. The summed E-state index contributed by atoms with van der Waals surface area (Å²) in [5.74, 6) is -0.00126. The lowest BCUT2D eigenvalue weighted by atomic mass is 9.99. The molecule has 1 aliphatic heterocycles. The summed E-state index contributed by atoms with van der Waals surface area (Å²) in [6.45, 7) is 4.09. The molecule has 132 valence electrons. The number of halogens is 1. The van der Waals surface area contributed by atoms with Crippen LogP contribution in [0, 0.1) is 5.82 Å². The molecule has 2 aromatic rings. The number of nitrogens with zero attached hydrogens (tertiary/aromatic N) is 2. The fourth-order valence-corrected chi connectivity index (χ4v) is 4.93. The van der Waals surface area contributed by atoms with Crippen LogP contribution in [0.5, 0.6) is 0 Å². The van der Waals surface area contributed by atoms with Crippen LogP contribution in [-0.2, 0) is 19.4 Å². The van der Waals surface area contributed by atoms with Crippen molar-refractivity contribution in [2.45, 2.75) is 32.2 Å². The van der Waals surface area contributed by atoms with Gasteiger partial charge in [0.25, 0.3) is 5.91 Å². The molecular formula is C20H23FN2OS. The SMILES string of the molecule is O=C(c1cc2c(s1)CCCC2)N1CCN(Cc2ccc(F)cc2)CC1. The van der Waals surface area contributed by atoms with Crippen molar-refractivity contribution < 1.29 is 9.18 Å². The van der Waals surface area contributed by atoms with Gasteiger partial charge in [0, 0.05) is 37.6 Å². The third-order valence-corrected chi connectivity index (χ3v) is 6.41. The van der Waals surface area contributed by atoms with Gasteiger partial charge in [-0.2, -0.15) is 0 Å². The van der Waals surface area contributed by atoms with Gasteiger partial charge in [-0.3, -0.25) is 9.69 Å². The molecule has 0 bridgehead atoms. The van der Waals surface area contributed by atoms with Crippen LogP contribution in [0.4, 0.5) is 4.39 Å². The maximum absolute atomic E-state index is 13.0. The Morgan fingerprint density at radius 1 is 1.04 bits per heavy atom. The largest absolute Gasteiger partial charge is 0.335 e. The Morgan fingerprint density at radius 3 is 2.48 bits per heavy atom. The van der Waals surface area contributed by atoms with E-state index in [9.17, 15) is 9.18 Å². The van der Waals surface area contributed by atoms with Crippen LogP contribution in [0.1, 0.15) is 38.5 Å². The monoisotopic (exact) mass is 358 g/mol. The Labute approximate surface area is 152 Å². The Bertz CT molecular complexity index is 724.